The Labute approximate surface area is 140 Å². The molecular formula is C19H19NO4. The Bertz CT molecular complexity index is 755. The smallest absolute Gasteiger partial charge is 0.244 e. The third-order valence-electron chi connectivity index (χ3n) is 3.71. The first-order valence-electron chi connectivity index (χ1n) is 7.74. The molecule has 0 fully saturated rings. The minimum Gasteiger partial charge on any atom is -0.496 e. The Morgan fingerprint density at radius 1 is 1.21 bits per heavy atom. The highest BCUT2D eigenvalue weighted by atomic mass is 16.7. The van der Waals surface area contributed by atoms with Crippen molar-refractivity contribution in [3.63, 3.8) is 0 Å². The minimum absolute atomic E-state index is 0.137. The second kappa shape index (κ2) is 7.55. The minimum atomic E-state index is -0.137. The number of fused-ring (bicyclic) bond motifs is 1. The molecular weight excluding hydrogens is 306 g/mol. The molecule has 2 aromatic rings. The number of hydrogen-bond donors (Lipinski definition) is 1. The number of ether oxygens (including phenoxy) is 3. The van der Waals surface area contributed by atoms with Crippen LogP contribution in [0.15, 0.2) is 48.5 Å². The Balaban J connectivity index is 1.50. The average molecular weight is 325 g/mol. The van der Waals surface area contributed by atoms with Gasteiger partial charge in [0.1, 0.15) is 5.75 Å². The lowest BCUT2D eigenvalue weighted by molar-refractivity contribution is -0.116. The fourth-order valence-electron chi connectivity index (χ4n) is 2.48. The van der Waals surface area contributed by atoms with Crippen LogP contribution >= 0.6 is 0 Å². The van der Waals surface area contributed by atoms with Crippen molar-refractivity contribution in [2.45, 2.75) is 6.42 Å². The molecule has 1 amide bonds. The highest BCUT2D eigenvalue weighted by Crippen LogP contribution is 2.32. The van der Waals surface area contributed by atoms with Crippen molar-refractivity contribution in [2.75, 3.05) is 20.4 Å². The molecule has 0 unspecified atom stereocenters. The molecule has 1 aliphatic heterocycles. The van der Waals surface area contributed by atoms with Crippen molar-refractivity contribution in [2.24, 2.45) is 0 Å². The van der Waals surface area contributed by atoms with E-state index in [0.29, 0.717) is 18.7 Å². The lowest BCUT2D eigenvalue weighted by Gasteiger charge is -2.08. The van der Waals surface area contributed by atoms with Crippen LogP contribution in [0.3, 0.4) is 0 Å². The van der Waals surface area contributed by atoms with Crippen LogP contribution in [-0.4, -0.2) is 26.4 Å². The van der Waals surface area contributed by atoms with Gasteiger partial charge in [0.05, 0.1) is 7.11 Å². The van der Waals surface area contributed by atoms with E-state index in [9.17, 15) is 4.79 Å². The summed E-state index contributed by atoms with van der Waals surface area (Å²) in [5, 5.41) is 2.87. The maximum atomic E-state index is 11.9. The van der Waals surface area contributed by atoms with Crippen LogP contribution in [0.5, 0.6) is 17.2 Å². The number of para-hydroxylation sites is 1. The van der Waals surface area contributed by atoms with Crippen LogP contribution in [0.1, 0.15) is 11.1 Å². The van der Waals surface area contributed by atoms with Crippen LogP contribution in [0.2, 0.25) is 0 Å². The number of carbonyl (C=O) groups excluding carboxylic acids is 1. The molecule has 1 aliphatic rings. The van der Waals surface area contributed by atoms with Gasteiger partial charge in [-0.2, -0.15) is 0 Å². The first-order valence-corrected chi connectivity index (χ1v) is 7.74. The SMILES string of the molecule is COc1ccccc1CCNC(=O)/C=C/c1ccc2c(c1)OCO2. The summed E-state index contributed by atoms with van der Waals surface area (Å²) in [6.07, 6.45) is 3.98. The predicted octanol–water partition coefficient (Wildman–Crippen LogP) is 2.80. The molecule has 24 heavy (non-hydrogen) atoms. The number of carbonyl (C=O) groups is 1. The first-order chi connectivity index (χ1) is 11.8. The van der Waals surface area contributed by atoms with Gasteiger partial charge in [0.15, 0.2) is 11.5 Å². The molecule has 0 atom stereocenters. The molecule has 5 nitrogen and oxygen atoms in total. The van der Waals surface area contributed by atoms with Crippen LogP contribution in [0, 0.1) is 0 Å². The molecule has 0 spiro atoms. The van der Waals surface area contributed by atoms with E-state index < -0.39 is 0 Å². The van der Waals surface area contributed by atoms with Crippen LogP contribution in [0.4, 0.5) is 0 Å². The van der Waals surface area contributed by atoms with Crippen LogP contribution in [-0.2, 0) is 11.2 Å². The lowest BCUT2D eigenvalue weighted by atomic mass is 10.1. The standard InChI is InChI=1S/C19H19NO4/c1-22-16-5-3-2-4-15(16)10-11-20-19(21)9-7-14-6-8-17-18(12-14)24-13-23-17/h2-9,12H,10-11,13H2,1H3,(H,20,21)/b9-7+. The third kappa shape index (κ3) is 3.87. The van der Waals surface area contributed by atoms with Gasteiger partial charge in [-0.25, -0.2) is 0 Å². The van der Waals surface area contributed by atoms with Gasteiger partial charge in [0, 0.05) is 12.6 Å². The Hall–Kier alpha value is -2.95. The van der Waals surface area contributed by atoms with Crippen molar-refractivity contribution in [3.05, 3.63) is 59.7 Å². The van der Waals surface area contributed by atoms with Crippen molar-refractivity contribution in [1.29, 1.82) is 0 Å². The van der Waals surface area contributed by atoms with E-state index in [4.69, 9.17) is 14.2 Å². The highest BCUT2D eigenvalue weighted by molar-refractivity contribution is 5.91. The van der Waals surface area contributed by atoms with Gasteiger partial charge in [-0.1, -0.05) is 24.3 Å². The number of methoxy groups -OCH3 is 1. The summed E-state index contributed by atoms with van der Waals surface area (Å²) in [6, 6.07) is 13.4. The molecule has 124 valence electrons. The quantitative estimate of drug-likeness (QED) is 0.830. The summed E-state index contributed by atoms with van der Waals surface area (Å²) in [4.78, 5) is 11.9. The monoisotopic (exact) mass is 325 g/mol. The van der Waals surface area contributed by atoms with Gasteiger partial charge in [-0.05, 0) is 41.8 Å². The molecule has 0 radical (unpaired) electrons. The second-order valence-corrected chi connectivity index (χ2v) is 5.30. The van der Waals surface area contributed by atoms with E-state index in [0.717, 1.165) is 22.6 Å². The zero-order valence-corrected chi connectivity index (χ0v) is 13.5. The van der Waals surface area contributed by atoms with Gasteiger partial charge in [0.25, 0.3) is 0 Å². The van der Waals surface area contributed by atoms with E-state index in [2.05, 4.69) is 5.32 Å². The zero-order valence-electron chi connectivity index (χ0n) is 13.5. The molecule has 0 saturated heterocycles. The largest absolute Gasteiger partial charge is 0.496 e. The summed E-state index contributed by atoms with van der Waals surface area (Å²) in [7, 11) is 1.64. The molecule has 3 rings (SSSR count). The third-order valence-corrected chi connectivity index (χ3v) is 3.71. The second-order valence-electron chi connectivity index (χ2n) is 5.30. The van der Waals surface area contributed by atoms with Crippen molar-refractivity contribution < 1.29 is 19.0 Å². The molecule has 2 aromatic carbocycles. The van der Waals surface area contributed by atoms with Gasteiger partial charge in [-0.15, -0.1) is 0 Å². The van der Waals surface area contributed by atoms with Gasteiger partial charge in [0.2, 0.25) is 12.7 Å². The molecule has 0 aliphatic carbocycles. The zero-order chi connectivity index (χ0) is 16.8. The average Bonchev–Trinajstić information content (AvgIpc) is 3.08. The van der Waals surface area contributed by atoms with Gasteiger partial charge in [-0.3, -0.25) is 4.79 Å². The van der Waals surface area contributed by atoms with Gasteiger partial charge >= 0.3 is 0 Å². The summed E-state index contributed by atoms with van der Waals surface area (Å²) in [5.41, 5.74) is 1.96. The van der Waals surface area contributed by atoms with Gasteiger partial charge < -0.3 is 19.5 Å². The van der Waals surface area contributed by atoms with E-state index in [1.807, 2.05) is 42.5 Å². The molecule has 0 saturated carbocycles. The Morgan fingerprint density at radius 3 is 2.92 bits per heavy atom. The fourth-order valence-corrected chi connectivity index (χ4v) is 2.48. The number of rotatable bonds is 6. The summed E-state index contributed by atoms with van der Waals surface area (Å²) in [5.74, 6) is 2.13. The number of hydrogen-bond acceptors (Lipinski definition) is 4. The Kier molecular flexibility index (Phi) is 5.01. The van der Waals surface area contributed by atoms with E-state index in [1.165, 1.54) is 6.08 Å². The molecule has 1 heterocycles. The van der Waals surface area contributed by atoms with Crippen LogP contribution in [0.25, 0.3) is 6.08 Å². The Morgan fingerprint density at radius 2 is 2.04 bits per heavy atom. The molecule has 1 N–H and O–H groups in total. The van der Waals surface area contributed by atoms with Crippen molar-refractivity contribution >= 4 is 12.0 Å². The number of benzene rings is 2. The maximum absolute atomic E-state index is 11.9. The summed E-state index contributed by atoms with van der Waals surface area (Å²) < 4.78 is 15.9. The molecule has 0 aromatic heterocycles. The van der Waals surface area contributed by atoms with E-state index in [1.54, 1.807) is 13.2 Å². The first kappa shape index (κ1) is 15.9. The normalized spacial score (nSPS) is 12.4. The van der Waals surface area contributed by atoms with E-state index >= 15 is 0 Å². The van der Waals surface area contributed by atoms with Crippen molar-refractivity contribution in [1.82, 2.24) is 5.32 Å². The van der Waals surface area contributed by atoms with E-state index in [-0.39, 0.29) is 12.7 Å². The fraction of sp³-hybridized carbons (Fsp3) is 0.211. The van der Waals surface area contributed by atoms with Crippen molar-refractivity contribution in [3.8, 4) is 17.2 Å². The predicted molar refractivity (Wildman–Crippen MR) is 91.3 cm³/mol. The lowest BCUT2D eigenvalue weighted by Crippen LogP contribution is -2.23. The molecule has 0 bridgehead atoms. The van der Waals surface area contributed by atoms with Crippen LogP contribution < -0.4 is 19.5 Å². The molecule has 5 heteroatoms. The maximum Gasteiger partial charge on any atom is 0.244 e. The highest BCUT2D eigenvalue weighted by Gasteiger charge is 2.12. The number of nitrogens with one attached hydrogen (secondary N) is 1. The summed E-state index contributed by atoms with van der Waals surface area (Å²) >= 11 is 0. The summed E-state index contributed by atoms with van der Waals surface area (Å²) in [6.45, 7) is 0.788. The number of amides is 1. The topological polar surface area (TPSA) is 56.8 Å².